The number of likely N-dealkylation sites (tertiary alicyclic amines) is 1. The number of carbonyl (C=O) groups excluding carboxylic acids is 1. The molecule has 1 amide bonds. The Labute approximate surface area is 147 Å². The molecule has 1 fully saturated rings. The number of piperidine rings is 1. The normalized spacial score (nSPS) is 15.7. The van der Waals surface area contributed by atoms with Crippen molar-refractivity contribution < 1.29 is 14.3 Å². The second kappa shape index (κ2) is 9.17. The summed E-state index contributed by atoms with van der Waals surface area (Å²) in [4.78, 5) is 14.3. The van der Waals surface area contributed by atoms with Crippen molar-refractivity contribution in [2.75, 3.05) is 39.2 Å². The van der Waals surface area contributed by atoms with Gasteiger partial charge < -0.3 is 20.5 Å². The number of nitrogens with zero attached hydrogens (tertiary/aromatic N) is 1. The first-order chi connectivity index (χ1) is 10.5. The summed E-state index contributed by atoms with van der Waals surface area (Å²) in [5.41, 5.74) is 6.41. The maximum absolute atomic E-state index is 12.2. The zero-order valence-corrected chi connectivity index (χ0v) is 14.9. The van der Waals surface area contributed by atoms with Gasteiger partial charge in [-0.3, -0.25) is 9.69 Å². The summed E-state index contributed by atoms with van der Waals surface area (Å²) < 4.78 is 10.4. The highest BCUT2D eigenvalue weighted by molar-refractivity contribution is 6.32. The molecule has 8 heteroatoms. The number of ether oxygens (including phenoxy) is 2. The molecule has 0 saturated carbocycles. The highest BCUT2D eigenvalue weighted by atomic mass is 35.5. The van der Waals surface area contributed by atoms with Gasteiger partial charge in [0.05, 0.1) is 31.5 Å². The Bertz CT molecular complexity index is 535. The molecule has 0 aromatic heterocycles. The Morgan fingerprint density at radius 2 is 1.91 bits per heavy atom. The van der Waals surface area contributed by atoms with Crippen LogP contribution in [-0.4, -0.2) is 50.7 Å². The van der Waals surface area contributed by atoms with Crippen LogP contribution in [0.25, 0.3) is 0 Å². The van der Waals surface area contributed by atoms with Gasteiger partial charge in [0.2, 0.25) is 5.91 Å². The summed E-state index contributed by atoms with van der Waals surface area (Å²) in [5, 5.41) is 3.28. The molecule has 0 atom stereocenters. The molecule has 1 saturated heterocycles. The summed E-state index contributed by atoms with van der Waals surface area (Å²) in [5.74, 6) is 0.889. The van der Waals surface area contributed by atoms with E-state index in [2.05, 4.69) is 10.2 Å². The van der Waals surface area contributed by atoms with Crippen molar-refractivity contribution >= 4 is 35.6 Å². The number of amides is 1. The van der Waals surface area contributed by atoms with Crippen molar-refractivity contribution in [1.82, 2.24) is 4.90 Å². The van der Waals surface area contributed by atoms with Gasteiger partial charge in [-0.05, 0) is 12.8 Å². The Balaban J connectivity index is 0.00000264. The lowest BCUT2D eigenvalue weighted by molar-refractivity contribution is -0.117. The van der Waals surface area contributed by atoms with E-state index in [1.807, 2.05) is 0 Å². The van der Waals surface area contributed by atoms with Crippen LogP contribution < -0.4 is 20.5 Å². The number of anilines is 1. The third-order valence-electron chi connectivity index (χ3n) is 3.75. The maximum Gasteiger partial charge on any atom is 0.238 e. The van der Waals surface area contributed by atoms with Gasteiger partial charge in [0.25, 0.3) is 0 Å². The molecule has 0 bridgehead atoms. The van der Waals surface area contributed by atoms with E-state index in [0.29, 0.717) is 28.8 Å². The molecular formula is C15H23Cl2N3O3. The quantitative estimate of drug-likeness (QED) is 0.837. The van der Waals surface area contributed by atoms with E-state index < -0.39 is 0 Å². The van der Waals surface area contributed by atoms with E-state index in [0.717, 1.165) is 25.9 Å². The van der Waals surface area contributed by atoms with Crippen molar-refractivity contribution in [3.63, 3.8) is 0 Å². The molecule has 1 heterocycles. The number of nitrogens with two attached hydrogens (primary N) is 1. The van der Waals surface area contributed by atoms with Gasteiger partial charge in [-0.1, -0.05) is 11.6 Å². The van der Waals surface area contributed by atoms with Crippen LogP contribution in [-0.2, 0) is 4.79 Å². The summed E-state index contributed by atoms with van der Waals surface area (Å²) in [6.07, 6.45) is 1.84. The first kappa shape index (κ1) is 19.8. The van der Waals surface area contributed by atoms with Crippen LogP contribution in [0, 0.1) is 0 Å². The smallest absolute Gasteiger partial charge is 0.238 e. The van der Waals surface area contributed by atoms with Gasteiger partial charge in [-0.15, -0.1) is 12.4 Å². The lowest BCUT2D eigenvalue weighted by Gasteiger charge is -2.29. The van der Waals surface area contributed by atoms with Gasteiger partial charge >= 0.3 is 0 Å². The largest absolute Gasteiger partial charge is 0.495 e. The Morgan fingerprint density at radius 3 is 2.48 bits per heavy atom. The van der Waals surface area contributed by atoms with Crippen molar-refractivity contribution in [3.05, 3.63) is 17.2 Å². The summed E-state index contributed by atoms with van der Waals surface area (Å²) in [6.45, 7) is 2.02. The van der Waals surface area contributed by atoms with E-state index in [9.17, 15) is 4.79 Å². The summed E-state index contributed by atoms with van der Waals surface area (Å²) >= 11 is 6.05. The average Bonchev–Trinajstić information content (AvgIpc) is 2.50. The van der Waals surface area contributed by atoms with Crippen LogP contribution in [0.2, 0.25) is 5.02 Å². The second-order valence-electron chi connectivity index (χ2n) is 5.35. The molecule has 3 N–H and O–H groups in total. The number of hydrogen-bond donors (Lipinski definition) is 2. The highest BCUT2D eigenvalue weighted by Crippen LogP contribution is 2.35. The molecule has 0 unspecified atom stereocenters. The van der Waals surface area contributed by atoms with Crippen molar-refractivity contribution in [2.45, 2.75) is 18.9 Å². The fourth-order valence-corrected chi connectivity index (χ4v) is 2.69. The third kappa shape index (κ3) is 5.42. The lowest BCUT2D eigenvalue weighted by atomic mass is 10.1. The van der Waals surface area contributed by atoms with Crippen molar-refractivity contribution in [2.24, 2.45) is 5.73 Å². The minimum absolute atomic E-state index is 0. The fraction of sp³-hybridized carbons (Fsp3) is 0.533. The van der Waals surface area contributed by atoms with Gasteiger partial charge in [-0.25, -0.2) is 0 Å². The molecular weight excluding hydrogens is 341 g/mol. The van der Waals surface area contributed by atoms with Gasteiger partial charge in [0, 0.05) is 31.3 Å². The third-order valence-corrected chi connectivity index (χ3v) is 4.04. The van der Waals surface area contributed by atoms with Gasteiger partial charge in [-0.2, -0.15) is 0 Å². The number of benzene rings is 1. The van der Waals surface area contributed by atoms with E-state index >= 15 is 0 Å². The molecule has 0 spiro atoms. The molecule has 1 aliphatic heterocycles. The first-order valence-electron chi connectivity index (χ1n) is 7.22. The number of carbonyl (C=O) groups is 1. The molecule has 1 aliphatic rings. The minimum Gasteiger partial charge on any atom is -0.495 e. The predicted octanol–water partition coefficient (Wildman–Crippen LogP) is 2.14. The van der Waals surface area contributed by atoms with Crippen molar-refractivity contribution in [1.29, 1.82) is 0 Å². The molecule has 2 rings (SSSR count). The summed E-state index contributed by atoms with van der Waals surface area (Å²) in [7, 11) is 3.05. The van der Waals surface area contributed by atoms with Crippen LogP contribution in [0.1, 0.15) is 12.8 Å². The number of methoxy groups -OCH3 is 2. The highest BCUT2D eigenvalue weighted by Gasteiger charge is 2.19. The van der Waals surface area contributed by atoms with Gasteiger partial charge in [0.15, 0.2) is 0 Å². The zero-order valence-electron chi connectivity index (χ0n) is 13.3. The van der Waals surface area contributed by atoms with Crippen LogP contribution in [0.5, 0.6) is 11.5 Å². The van der Waals surface area contributed by atoms with Gasteiger partial charge in [0.1, 0.15) is 11.5 Å². The molecule has 0 radical (unpaired) electrons. The van der Waals surface area contributed by atoms with Crippen LogP contribution in [0.4, 0.5) is 5.69 Å². The average molecular weight is 364 g/mol. The molecule has 1 aromatic carbocycles. The predicted molar refractivity (Wildman–Crippen MR) is 94.1 cm³/mol. The van der Waals surface area contributed by atoms with Crippen LogP contribution >= 0.6 is 24.0 Å². The Hall–Kier alpha value is -1.21. The SMILES string of the molecule is COc1cc(NC(=O)CN2CCC(N)CC2)c(OC)cc1Cl.Cl. The molecule has 0 aliphatic carbocycles. The molecule has 130 valence electrons. The molecule has 6 nitrogen and oxygen atoms in total. The summed E-state index contributed by atoms with van der Waals surface area (Å²) in [6, 6.07) is 3.53. The standard InChI is InChI=1S/C15H22ClN3O3.ClH/c1-21-13-8-12(14(22-2)7-11(13)16)18-15(20)9-19-5-3-10(17)4-6-19;/h7-8,10H,3-6,9,17H2,1-2H3,(H,18,20);1H. The monoisotopic (exact) mass is 363 g/mol. The van der Waals surface area contributed by atoms with Crippen LogP contribution in [0.15, 0.2) is 12.1 Å². The van der Waals surface area contributed by atoms with E-state index in [4.69, 9.17) is 26.8 Å². The number of hydrogen-bond acceptors (Lipinski definition) is 5. The topological polar surface area (TPSA) is 76.8 Å². The number of halogens is 2. The molecule has 23 heavy (non-hydrogen) atoms. The van der Waals surface area contributed by atoms with E-state index in [1.54, 1.807) is 12.1 Å². The molecule has 1 aromatic rings. The van der Waals surface area contributed by atoms with E-state index in [1.165, 1.54) is 14.2 Å². The number of rotatable bonds is 5. The fourth-order valence-electron chi connectivity index (χ4n) is 2.46. The van der Waals surface area contributed by atoms with Crippen LogP contribution in [0.3, 0.4) is 0 Å². The minimum atomic E-state index is -0.0989. The zero-order chi connectivity index (χ0) is 16.1. The first-order valence-corrected chi connectivity index (χ1v) is 7.60. The van der Waals surface area contributed by atoms with Crippen molar-refractivity contribution in [3.8, 4) is 11.5 Å². The maximum atomic E-state index is 12.2. The second-order valence-corrected chi connectivity index (χ2v) is 5.76. The Kier molecular flexibility index (Phi) is 7.91. The number of nitrogens with one attached hydrogen (secondary N) is 1. The Morgan fingerprint density at radius 1 is 1.30 bits per heavy atom. The lowest BCUT2D eigenvalue weighted by Crippen LogP contribution is -2.43. The van der Waals surface area contributed by atoms with E-state index in [-0.39, 0.29) is 24.4 Å².